The first-order valence-corrected chi connectivity index (χ1v) is 14.0. The molecule has 1 aliphatic carbocycles. The van der Waals surface area contributed by atoms with Gasteiger partial charge in [0, 0.05) is 12.1 Å². The van der Waals surface area contributed by atoms with Gasteiger partial charge >= 0.3 is 5.97 Å². The van der Waals surface area contributed by atoms with Gasteiger partial charge < -0.3 is 9.47 Å². The molecular weight excluding hydrogens is 500 g/mol. The minimum Gasteiger partial charge on any atom is -0.458 e. The molecule has 0 bridgehead atoms. The number of hydrogen-bond acceptors (Lipinski definition) is 5. The van der Waals surface area contributed by atoms with Crippen LogP contribution in [-0.4, -0.2) is 46.6 Å². The van der Waals surface area contributed by atoms with E-state index < -0.39 is 5.60 Å². The summed E-state index contributed by atoms with van der Waals surface area (Å²) in [6.07, 6.45) is 7.76. The molecule has 0 spiro atoms. The van der Waals surface area contributed by atoms with E-state index in [4.69, 9.17) is 14.6 Å². The zero-order valence-electron chi connectivity index (χ0n) is 20.3. The molecule has 0 saturated heterocycles. The number of esters is 1. The Kier molecular flexibility index (Phi) is 9.89. The highest BCUT2D eigenvalue weighted by molar-refractivity contribution is 9.10. The van der Waals surface area contributed by atoms with Crippen molar-refractivity contribution < 1.29 is 14.3 Å². The Hall–Kier alpha value is -1.31. The van der Waals surface area contributed by atoms with Crippen LogP contribution in [0.15, 0.2) is 34.8 Å². The molecule has 0 atom stereocenters. The van der Waals surface area contributed by atoms with Crippen LogP contribution in [-0.2, 0) is 27.2 Å². The molecule has 182 valence electrons. The van der Waals surface area contributed by atoms with Crippen LogP contribution in [0, 0.1) is 11.8 Å². The van der Waals surface area contributed by atoms with Crippen LogP contribution in [0.1, 0.15) is 52.1 Å². The zero-order chi connectivity index (χ0) is 23.8. The van der Waals surface area contributed by atoms with Crippen LogP contribution in [0.2, 0.25) is 0 Å². The summed E-state index contributed by atoms with van der Waals surface area (Å²) in [7, 11) is 0. The third-order valence-corrected chi connectivity index (χ3v) is 7.42. The molecule has 0 N–H and O–H groups in total. The van der Waals surface area contributed by atoms with Gasteiger partial charge in [0.15, 0.2) is 0 Å². The molecule has 7 heteroatoms. The van der Waals surface area contributed by atoms with Gasteiger partial charge in [0.25, 0.3) is 0 Å². The SMILES string of the molecule is CSCCc1c(Br)c(-c2ccccc2)nn1C[C@H]1CC[C@H](COCC(=O)OC(C)(C)C)CC1. The highest BCUT2D eigenvalue weighted by Crippen LogP contribution is 2.34. The van der Waals surface area contributed by atoms with Crippen molar-refractivity contribution in [2.75, 3.05) is 25.2 Å². The molecule has 5 nitrogen and oxygen atoms in total. The first kappa shape index (κ1) is 26.3. The van der Waals surface area contributed by atoms with Crippen molar-refractivity contribution in [3.05, 3.63) is 40.5 Å². The van der Waals surface area contributed by atoms with Gasteiger partial charge in [-0.25, -0.2) is 4.79 Å². The first-order chi connectivity index (χ1) is 15.8. The first-order valence-electron chi connectivity index (χ1n) is 11.9. The van der Waals surface area contributed by atoms with Gasteiger partial charge in [-0.1, -0.05) is 30.3 Å². The topological polar surface area (TPSA) is 53.4 Å². The molecule has 1 saturated carbocycles. The van der Waals surface area contributed by atoms with E-state index in [9.17, 15) is 4.79 Å². The maximum absolute atomic E-state index is 11.8. The molecule has 0 unspecified atom stereocenters. The summed E-state index contributed by atoms with van der Waals surface area (Å²) in [6, 6.07) is 10.4. The number of benzene rings is 1. The Morgan fingerprint density at radius 1 is 1.15 bits per heavy atom. The van der Waals surface area contributed by atoms with Gasteiger partial charge in [-0.2, -0.15) is 16.9 Å². The molecule has 0 radical (unpaired) electrons. The average molecular weight is 538 g/mol. The number of carbonyl (C=O) groups excluding carboxylic acids is 1. The zero-order valence-corrected chi connectivity index (χ0v) is 22.7. The van der Waals surface area contributed by atoms with Crippen molar-refractivity contribution in [1.82, 2.24) is 9.78 Å². The normalized spacial score (nSPS) is 18.9. The predicted octanol–water partition coefficient (Wildman–Crippen LogP) is 6.38. The maximum Gasteiger partial charge on any atom is 0.332 e. The molecule has 33 heavy (non-hydrogen) atoms. The van der Waals surface area contributed by atoms with Crippen molar-refractivity contribution in [2.45, 2.75) is 65.0 Å². The molecule has 3 rings (SSSR count). The summed E-state index contributed by atoms with van der Waals surface area (Å²) in [5, 5.41) is 5.03. The summed E-state index contributed by atoms with van der Waals surface area (Å²) in [6.45, 7) is 7.26. The number of nitrogens with zero attached hydrogens (tertiary/aromatic N) is 2. The van der Waals surface area contributed by atoms with Gasteiger partial charge in [0.1, 0.15) is 17.9 Å². The second kappa shape index (κ2) is 12.4. The molecule has 1 heterocycles. The summed E-state index contributed by atoms with van der Waals surface area (Å²) in [5.41, 5.74) is 3.02. The van der Waals surface area contributed by atoms with Crippen molar-refractivity contribution >= 4 is 33.7 Å². The second-order valence-electron chi connectivity index (χ2n) is 9.89. The number of thioether (sulfide) groups is 1. The molecule has 0 aliphatic heterocycles. The lowest BCUT2D eigenvalue weighted by molar-refractivity contribution is -0.160. The van der Waals surface area contributed by atoms with E-state index >= 15 is 0 Å². The van der Waals surface area contributed by atoms with Crippen LogP contribution in [0.25, 0.3) is 11.3 Å². The maximum atomic E-state index is 11.8. The van der Waals surface area contributed by atoms with Crippen molar-refractivity contribution in [1.29, 1.82) is 0 Å². The van der Waals surface area contributed by atoms with E-state index in [0.29, 0.717) is 18.4 Å². The number of hydrogen-bond donors (Lipinski definition) is 0. The Bertz CT molecular complexity index is 887. The van der Waals surface area contributed by atoms with E-state index in [1.54, 1.807) is 0 Å². The summed E-state index contributed by atoms with van der Waals surface area (Å²) in [4.78, 5) is 11.8. The lowest BCUT2D eigenvalue weighted by Crippen LogP contribution is -2.28. The molecule has 1 aromatic carbocycles. The monoisotopic (exact) mass is 536 g/mol. The van der Waals surface area contributed by atoms with Gasteiger partial charge in [-0.15, -0.1) is 0 Å². The van der Waals surface area contributed by atoms with Crippen molar-refractivity contribution in [3.8, 4) is 11.3 Å². The Morgan fingerprint density at radius 2 is 1.82 bits per heavy atom. The van der Waals surface area contributed by atoms with Crippen LogP contribution in [0.5, 0.6) is 0 Å². The fourth-order valence-electron chi connectivity index (χ4n) is 4.35. The van der Waals surface area contributed by atoms with E-state index in [2.05, 4.69) is 51.1 Å². The summed E-state index contributed by atoms with van der Waals surface area (Å²) in [5.74, 6) is 1.94. The van der Waals surface area contributed by atoms with Gasteiger partial charge in [0.05, 0.1) is 16.8 Å². The van der Waals surface area contributed by atoms with E-state index in [-0.39, 0.29) is 12.6 Å². The third-order valence-electron chi connectivity index (χ3n) is 5.97. The minimum absolute atomic E-state index is 0.0412. The lowest BCUT2D eigenvalue weighted by Gasteiger charge is -2.28. The number of halogens is 1. The minimum atomic E-state index is -0.463. The number of carbonyl (C=O) groups is 1. The Balaban J connectivity index is 1.54. The Labute approximate surface area is 211 Å². The van der Waals surface area contributed by atoms with Crippen molar-refractivity contribution in [3.63, 3.8) is 0 Å². The van der Waals surface area contributed by atoms with E-state index in [1.807, 2.05) is 38.6 Å². The standard InChI is InChI=1S/C26H37BrN2O3S/c1-26(2,3)32-23(30)18-31-17-20-12-10-19(11-13-20)16-29-22(14-15-33-4)24(27)25(28-29)21-8-6-5-7-9-21/h5-9,19-20H,10-18H2,1-4H3/t19-,20-. The number of rotatable bonds is 10. The lowest BCUT2D eigenvalue weighted by atomic mass is 9.82. The van der Waals surface area contributed by atoms with Gasteiger partial charge in [-0.3, -0.25) is 4.68 Å². The average Bonchev–Trinajstić information content (AvgIpc) is 3.08. The quantitative estimate of drug-likeness (QED) is 0.329. The third kappa shape index (κ3) is 8.15. The number of aromatic nitrogens is 2. The molecule has 1 aliphatic rings. The van der Waals surface area contributed by atoms with Gasteiger partial charge in [-0.05, 0) is 92.6 Å². The fraction of sp³-hybridized carbons (Fsp3) is 0.615. The highest BCUT2D eigenvalue weighted by Gasteiger charge is 2.25. The van der Waals surface area contributed by atoms with E-state index in [1.165, 1.54) is 18.5 Å². The highest BCUT2D eigenvalue weighted by atomic mass is 79.9. The second-order valence-corrected chi connectivity index (χ2v) is 11.7. The molecular formula is C26H37BrN2O3S. The number of ether oxygens (including phenoxy) is 2. The molecule has 2 aromatic rings. The van der Waals surface area contributed by atoms with Crippen LogP contribution < -0.4 is 0 Å². The molecule has 1 fully saturated rings. The smallest absolute Gasteiger partial charge is 0.332 e. The summed E-state index contributed by atoms with van der Waals surface area (Å²) >= 11 is 5.72. The summed E-state index contributed by atoms with van der Waals surface area (Å²) < 4.78 is 14.4. The van der Waals surface area contributed by atoms with Crippen LogP contribution in [0.4, 0.5) is 0 Å². The van der Waals surface area contributed by atoms with Crippen LogP contribution >= 0.6 is 27.7 Å². The Morgan fingerprint density at radius 3 is 2.45 bits per heavy atom. The van der Waals surface area contributed by atoms with E-state index in [0.717, 1.165) is 47.3 Å². The van der Waals surface area contributed by atoms with Gasteiger partial charge in [0.2, 0.25) is 0 Å². The molecule has 0 amide bonds. The fourth-order valence-corrected chi connectivity index (χ4v) is 5.46. The van der Waals surface area contributed by atoms with Crippen LogP contribution in [0.3, 0.4) is 0 Å². The largest absolute Gasteiger partial charge is 0.458 e. The predicted molar refractivity (Wildman–Crippen MR) is 140 cm³/mol. The molecule has 1 aromatic heterocycles. The van der Waals surface area contributed by atoms with Crippen molar-refractivity contribution in [2.24, 2.45) is 11.8 Å².